The smallest absolute Gasteiger partial charge is 0.354 e. The summed E-state index contributed by atoms with van der Waals surface area (Å²) in [5.74, 6) is -1.00. The fraction of sp³-hybridized carbons (Fsp3) is 0.167. The summed E-state index contributed by atoms with van der Waals surface area (Å²) in [6.45, 7) is 1.94. The fourth-order valence-corrected chi connectivity index (χ4v) is 2.02. The molecule has 88 valence electrons. The van der Waals surface area contributed by atoms with Gasteiger partial charge in [0, 0.05) is 12.6 Å². The minimum absolute atomic E-state index is 0.131. The maximum atomic E-state index is 11.2. The summed E-state index contributed by atoms with van der Waals surface area (Å²) in [7, 11) is 1.76. The van der Waals surface area contributed by atoms with Gasteiger partial charge in [0.05, 0.1) is 5.69 Å². The lowest BCUT2D eigenvalue weighted by Gasteiger charge is -2.07. The number of benzene rings is 1. The lowest BCUT2D eigenvalue weighted by molar-refractivity contribution is 0.0692. The highest BCUT2D eigenvalue weighted by molar-refractivity contribution is 7.71. The molecule has 2 rings (SSSR count). The van der Waals surface area contributed by atoms with Crippen molar-refractivity contribution in [3.63, 3.8) is 0 Å². The number of carboxylic acid groups (broad SMARTS) is 1. The van der Waals surface area contributed by atoms with E-state index in [-0.39, 0.29) is 5.69 Å². The van der Waals surface area contributed by atoms with Crippen LogP contribution in [0.25, 0.3) is 11.3 Å². The molecule has 4 nitrogen and oxygen atoms in total. The van der Waals surface area contributed by atoms with Crippen LogP contribution in [-0.4, -0.2) is 20.6 Å². The molecule has 1 heterocycles. The van der Waals surface area contributed by atoms with Gasteiger partial charge in [-0.3, -0.25) is 0 Å². The van der Waals surface area contributed by atoms with Crippen LogP contribution in [-0.2, 0) is 7.05 Å². The number of aromatic amines is 1. The topological polar surface area (TPSA) is 58.0 Å². The normalized spacial score (nSPS) is 10.5. The van der Waals surface area contributed by atoms with Gasteiger partial charge in [-0.15, -0.1) is 0 Å². The maximum Gasteiger partial charge on any atom is 0.354 e. The van der Waals surface area contributed by atoms with Crippen LogP contribution in [0.4, 0.5) is 0 Å². The zero-order valence-corrected chi connectivity index (χ0v) is 10.3. The van der Waals surface area contributed by atoms with Crippen LogP contribution in [0, 0.1) is 11.7 Å². The van der Waals surface area contributed by atoms with E-state index in [1.54, 1.807) is 11.6 Å². The predicted molar refractivity (Wildman–Crippen MR) is 67.7 cm³/mol. The van der Waals surface area contributed by atoms with Crippen LogP contribution in [0.5, 0.6) is 0 Å². The second kappa shape index (κ2) is 4.18. The summed E-state index contributed by atoms with van der Waals surface area (Å²) in [6, 6.07) is 7.63. The Morgan fingerprint density at radius 2 is 2.06 bits per heavy atom. The van der Waals surface area contributed by atoms with Gasteiger partial charge in [-0.05, 0) is 24.7 Å². The van der Waals surface area contributed by atoms with Crippen molar-refractivity contribution >= 4 is 18.2 Å². The highest BCUT2D eigenvalue weighted by atomic mass is 32.1. The molecule has 0 aliphatic carbocycles. The molecule has 1 aromatic heterocycles. The molecule has 0 fully saturated rings. The number of nitrogens with zero attached hydrogens (tertiary/aromatic N) is 1. The summed E-state index contributed by atoms with van der Waals surface area (Å²) < 4.78 is 2.09. The Morgan fingerprint density at radius 3 is 2.65 bits per heavy atom. The van der Waals surface area contributed by atoms with E-state index in [1.165, 1.54) is 0 Å². The molecule has 5 heteroatoms. The SMILES string of the molecule is Cc1ccccc1-c1c(C(=O)O)[nH]c(=S)n1C. The molecule has 2 N–H and O–H groups in total. The lowest BCUT2D eigenvalue weighted by atomic mass is 10.0. The second-order valence-corrected chi connectivity index (χ2v) is 4.22. The number of hydrogen-bond donors (Lipinski definition) is 2. The van der Waals surface area contributed by atoms with Crippen LogP contribution < -0.4 is 0 Å². The van der Waals surface area contributed by atoms with E-state index >= 15 is 0 Å². The first-order chi connectivity index (χ1) is 8.02. The third-order valence-electron chi connectivity index (χ3n) is 2.72. The van der Waals surface area contributed by atoms with Crippen molar-refractivity contribution in [2.45, 2.75) is 6.92 Å². The van der Waals surface area contributed by atoms with Crippen LogP contribution in [0.3, 0.4) is 0 Å². The van der Waals surface area contributed by atoms with Gasteiger partial charge in [0.15, 0.2) is 10.5 Å². The first kappa shape index (κ1) is 11.6. The van der Waals surface area contributed by atoms with Crippen molar-refractivity contribution in [3.05, 3.63) is 40.3 Å². The lowest BCUT2D eigenvalue weighted by Crippen LogP contribution is -2.02. The van der Waals surface area contributed by atoms with Crippen molar-refractivity contribution < 1.29 is 9.90 Å². The standard InChI is InChI=1S/C12H12N2O2S/c1-7-5-3-4-6-8(7)10-9(11(15)16)13-12(17)14(10)2/h3-6H,1-2H3,(H,13,17)(H,15,16). The molecule has 2 aromatic rings. The summed E-state index contributed by atoms with van der Waals surface area (Å²) in [5.41, 5.74) is 2.63. The number of aryl methyl sites for hydroxylation is 1. The van der Waals surface area contributed by atoms with Gasteiger partial charge in [-0.2, -0.15) is 0 Å². The molecular weight excluding hydrogens is 236 g/mol. The number of carboxylic acids is 1. The summed E-state index contributed by atoms with van der Waals surface area (Å²) in [4.78, 5) is 13.9. The molecule has 0 saturated carbocycles. The predicted octanol–water partition coefficient (Wildman–Crippen LogP) is 2.76. The van der Waals surface area contributed by atoms with Gasteiger partial charge in [0.2, 0.25) is 0 Å². The van der Waals surface area contributed by atoms with Gasteiger partial charge < -0.3 is 14.7 Å². The molecule has 0 bridgehead atoms. The Hall–Kier alpha value is -1.88. The van der Waals surface area contributed by atoms with E-state index in [1.807, 2.05) is 31.2 Å². The number of aromatic nitrogens is 2. The van der Waals surface area contributed by atoms with Crippen LogP contribution in [0.2, 0.25) is 0 Å². The zero-order chi connectivity index (χ0) is 12.6. The average molecular weight is 248 g/mol. The Bertz CT molecular complexity index is 640. The van der Waals surface area contributed by atoms with Crippen molar-refractivity contribution in [1.29, 1.82) is 0 Å². The first-order valence-corrected chi connectivity index (χ1v) is 5.51. The van der Waals surface area contributed by atoms with Crippen molar-refractivity contribution in [2.75, 3.05) is 0 Å². The van der Waals surface area contributed by atoms with Crippen molar-refractivity contribution in [1.82, 2.24) is 9.55 Å². The van der Waals surface area contributed by atoms with E-state index < -0.39 is 5.97 Å². The van der Waals surface area contributed by atoms with Gasteiger partial charge in [0.25, 0.3) is 0 Å². The molecule has 0 unspecified atom stereocenters. The van der Waals surface area contributed by atoms with E-state index in [9.17, 15) is 4.79 Å². The number of aromatic carboxylic acids is 1. The fourth-order valence-electron chi connectivity index (χ4n) is 1.83. The number of carbonyl (C=O) groups is 1. The Labute approximate surface area is 104 Å². The molecule has 0 atom stereocenters. The number of hydrogen-bond acceptors (Lipinski definition) is 2. The average Bonchev–Trinajstić information content (AvgIpc) is 2.57. The Kier molecular flexibility index (Phi) is 2.85. The van der Waals surface area contributed by atoms with Gasteiger partial charge in [-0.1, -0.05) is 24.3 Å². The number of imidazole rings is 1. The largest absolute Gasteiger partial charge is 0.477 e. The van der Waals surface area contributed by atoms with Crippen LogP contribution in [0.15, 0.2) is 24.3 Å². The molecule has 0 amide bonds. The molecule has 0 radical (unpaired) electrons. The van der Waals surface area contributed by atoms with Crippen LogP contribution in [0.1, 0.15) is 16.1 Å². The molecule has 0 spiro atoms. The maximum absolute atomic E-state index is 11.2. The van der Waals surface area contributed by atoms with Crippen molar-refractivity contribution in [2.24, 2.45) is 7.05 Å². The Morgan fingerprint density at radius 1 is 1.41 bits per heavy atom. The highest BCUT2D eigenvalue weighted by Gasteiger charge is 2.18. The zero-order valence-electron chi connectivity index (χ0n) is 9.52. The van der Waals surface area contributed by atoms with Crippen molar-refractivity contribution in [3.8, 4) is 11.3 Å². The quantitative estimate of drug-likeness (QED) is 0.803. The Balaban J connectivity index is 2.79. The summed E-state index contributed by atoms with van der Waals surface area (Å²) in [5, 5.41) is 9.16. The van der Waals surface area contributed by atoms with Crippen LogP contribution >= 0.6 is 12.2 Å². The minimum Gasteiger partial charge on any atom is -0.477 e. The first-order valence-electron chi connectivity index (χ1n) is 5.10. The minimum atomic E-state index is -1.00. The van der Waals surface area contributed by atoms with E-state index in [2.05, 4.69) is 4.98 Å². The molecule has 17 heavy (non-hydrogen) atoms. The molecule has 1 aromatic carbocycles. The molecule has 0 aliphatic rings. The van der Waals surface area contributed by atoms with E-state index in [4.69, 9.17) is 17.3 Å². The molecular formula is C12H12N2O2S. The summed E-state index contributed by atoms with van der Waals surface area (Å²) >= 11 is 5.07. The monoisotopic (exact) mass is 248 g/mol. The highest BCUT2D eigenvalue weighted by Crippen LogP contribution is 2.26. The third-order valence-corrected chi connectivity index (χ3v) is 3.10. The third kappa shape index (κ3) is 1.89. The van der Waals surface area contributed by atoms with Gasteiger partial charge >= 0.3 is 5.97 Å². The number of rotatable bonds is 2. The van der Waals surface area contributed by atoms with Gasteiger partial charge in [-0.25, -0.2) is 4.79 Å². The number of nitrogens with one attached hydrogen (secondary N) is 1. The molecule has 0 saturated heterocycles. The number of H-pyrrole nitrogens is 1. The molecule has 0 aliphatic heterocycles. The second-order valence-electron chi connectivity index (χ2n) is 3.83. The van der Waals surface area contributed by atoms with E-state index in [0.717, 1.165) is 11.1 Å². The summed E-state index contributed by atoms with van der Waals surface area (Å²) in [6.07, 6.45) is 0. The van der Waals surface area contributed by atoms with Gasteiger partial charge in [0.1, 0.15) is 0 Å². The van der Waals surface area contributed by atoms with E-state index in [0.29, 0.717) is 10.5 Å².